The first-order chi connectivity index (χ1) is 13.2. The molecule has 3 rings (SSSR count). The number of fused-ring (bicyclic) bond motifs is 1. The second-order valence-electron chi connectivity index (χ2n) is 12.6. The van der Waals surface area contributed by atoms with Gasteiger partial charge >= 0.3 is 0 Å². The number of hydrogen-bond donors (Lipinski definition) is 1. The van der Waals surface area contributed by atoms with Crippen LogP contribution < -0.4 is 5.73 Å². The van der Waals surface area contributed by atoms with E-state index in [1.807, 2.05) is 0 Å². The third-order valence-corrected chi connectivity index (χ3v) is 10.5. The molecule has 3 aliphatic rings. The fraction of sp³-hybridized carbons (Fsp3) is 1.00. The smallest absolute Gasteiger partial charge is 0.00746 e. The fourth-order valence-corrected chi connectivity index (χ4v) is 8.55. The molecule has 0 amide bonds. The van der Waals surface area contributed by atoms with Crippen LogP contribution in [0, 0.1) is 45.8 Å². The average molecular weight is 390 g/mol. The number of nitrogens with two attached hydrogens (primary N) is 1. The Balaban J connectivity index is 1.71. The lowest BCUT2D eigenvalue weighted by atomic mass is 9.51. The summed E-state index contributed by atoms with van der Waals surface area (Å²) in [5, 5.41) is 0. The van der Waals surface area contributed by atoms with Gasteiger partial charge in [-0.2, -0.15) is 0 Å². The predicted molar refractivity (Wildman–Crippen MR) is 123 cm³/mol. The molecule has 0 saturated heterocycles. The zero-order chi connectivity index (χ0) is 20.6. The van der Waals surface area contributed by atoms with Gasteiger partial charge in [0.25, 0.3) is 0 Å². The first kappa shape index (κ1) is 22.6. The molecular weight excluding hydrogens is 338 g/mol. The fourth-order valence-electron chi connectivity index (χ4n) is 8.55. The Bertz CT molecular complexity index is 502. The highest BCUT2D eigenvalue weighted by atomic mass is 14.6. The molecule has 1 nitrogen and oxygen atoms in total. The van der Waals surface area contributed by atoms with Crippen molar-refractivity contribution in [2.45, 2.75) is 119 Å². The van der Waals surface area contributed by atoms with Crippen LogP contribution >= 0.6 is 0 Å². The summed E-state index contributed by atoms with van der Waals surface area (Å²) >= 11 is 0. The van der Waals surface area contributed by atoms with Crippen molar-refractivity contribution in [2.75, 3.05) is 6.54 Å². The SMILES string of the molecule is CCC1C(C(C)(C)CCC2(C)CCCC2)CCC2(C)C(C(C)CCN)CCC12. The highest BCUT2D eigenvalue weighted by molar-refractivity contribution is 5.05. The molecule has 6 unspecified atom stereocenters. The van der Waals surface area contributed by atoms with Gasteiger partial charge in [-0.1, -0.05) is 60.8 Å². The molecule has 0 spiro atoms. The second-order valence-corrected chi connectivity index (χ2v) is 12.6. The third kappa shape index (κ3) is 4.21. The molecule has 1 heteroatoms. The molecule has 164 valence electrons. The van der Waals surface area contributed by atoms with Crippen molar-refractivity contribution in [2.24, 2.45) is 51.6 Å². The molecule has 28 heavy (non-hydrogen) atoms. The minimum Gasteiger partial charge on any atom is -0.330 e. The highest BCUT2D eigenvalue weighted by Crippen LogP contribution is 2.64. The molecule has 6 atom stereocenters. The first-order valence-corrected chi connectivity index (χ1v) is 12.9. The minimum atomic E-state index is 0.508. The van der Waals surface area contributed by atoms with E-state index in [0.717, 1.165) is 36.1 Å². The van der Waals surface area contributed by atoms with E-state index in [-0.39, 0.29) is 0 Å². The average Bonchev–Trinajstić information content (AvgIpc) is 3.23. The van der Waals surface area contributed by atoms with Crippen LogP contribution in [0.2, 0.25) is 0 Å². The van der Waals surface area contributed by atoms with Gasteiger partial charge in [0.2, 0.25) is 0 Å². The van der Waals surface area contributed by atoms with Crippen molar-refractivity contribution >= 4 is 0 Å². The van der Waals surface area contributed by atoms with Gasteiger partial charge in [-0.3, -0.25) is 0 Å². The maximum absolute atomic E-state index is 5.94. The van der Waals surface area contributed by atoms with Gasteiger partial charge in [0.1, 0.15) is 0 Å². The quantitative estimate of drug-likeness (QED) is 0.449. The standard InChI is InChI=1S/C27H51N/c1-7-21-23(25(3,4)17-18-26(5)14-8-9-15-26)12-16-27(6)22(10-11-24(21)27)20(2)13-19-28/h20-24H,7-19,28H2,1-6H3. The molecule has 2 N–H and O–H groups in total. The molecule has 3 saturated carbocycles. The Morgan fingerprint density at radius 3 is 2.32 bits per heavy atom. The highest BCUT2D eigenvalue weighted by Gasteiger charge is 2.56. The van der Waals surface area contributed by atoms with Crippen LogP contribution in [0.4, 0.5) is 0 Å². The summed E-state index contributed by atoms with van der Waals surface area (Å²) in [4.78, 5) is 0. The molecular formula is C27H51N. The van der Waals surface area contributed by atoms with Crippen molar-refractivity contribution < 1.29 is 0 Å². The van der Waals surface area contributed by atoms with E-state index < -0.39 is 0 Å². The topological polar surface area (TPSA) is 26.0 Å². The Morgan fingerprint density at radius 2 is 1.71 bits per heavy atom. The van der Waals surface area contributed by atoms with Crippen molar-refractivity contribution in [1.29, 1.82) is 0 Å². The van der Waals surface area contributed by atoms with Crippen LogP contribution in [-0.4, -0.2) is 6.54 Å². The van der Waals surface area contributed by atoms with Crippen LogP contribution in [0.1, 0.15) is 119 Å². The van der Waals surface area contributed by atoms with Crippen molar-refractivity contribution in [3.05, 3.63) is 0 Å². The lowest BCUT2D eigenvalue weighted by Crippen LogP contribution is -2.46. The Labute approximate surface area is 177 Å². The first-order valence-electron chi connectivity index (χ1n) is 12.9. The van der Waals surface area contributed by atoms with Gasteiger partial charge < -0.3 is 5.73 Å². The summed E-state index contributed by atoms with van der Waals surface area (Å²) < 4.78 is 0. The third-order valence-electron chi connectivity index (χ3n) is 10.5. The lowest BCUT2D eigenvalue weighted by molar-refractivity contribution is -0.0496. The lowest BCUT2D eigenvalue weighted by Gasteiger charge is -2.54. The zero-order valence-corrected chi connectivity index (χ0v) is 20.2. The molecule has 0 heterocycles. The van der Waals surface area contributed by atoms with E-state index in [1.54, 1.807) is 0 Å². The summed E-state index contributed by atoms with van der Waals surface area (Å²) in [5.74, 6) is 4.56. The summed E-state index contributed by atoms with van der Waals surface area (Å²) in [5.41, 5.74) is 7.68. The molecule has 0 radical (unpaired) electrons. The summed E-state index contributed by atoms with van der Waals surface area (Å²) in [6, 6.07) is 0. The van der Waals surface area contributed by atoms with Gasteiger partial charge in [0.05, 0.1) is 0 Å². The molecule has 3 aliphatic carbocycles. The van der Waals surface area contributed by atoms with Crippen LogP contribution in [0.15, 0.2) is 0 Å². The summed E-state index contributed by atoms with van der Waals surface area (Å²) in [6.45, 7) is 16.4. The number of hydrogen-bond acceptors (Lipinski definition) is 1. The molecule has 0 bridgehead atoms. The largest absolute Gasteiger partial charge is 0.330 e. The van der Waals surface area contributed by atoms with E-state index in [9.17, 15) is 0 Å². The Kier molecular flexibility index (Phi) is 6.96. The molecule has 3 fully saturated rings. The van der Waals surface area contributed by atoms with Crippen LogP contribution in [-0.2, 0) is 0 Å². The van der Waals surface area contributed by atoms with Gasteiger partial charge in [0.15, 0.2) is 0 Å². The molecule has 0 aliphatic heterocycles. The Hall–Kier alpha value is -0.0400. The zero-order valence-electron chi connectivity index (χ0n) is 20.2. The molecule has 0 aromatic carbocycles. The van der Waals surface area contributed by atoms with E-state index >= 15 is 0 Å². The second kappa shape index (κ2) is 8.60. The van der Waals surface area contributed by atoms with Crippen molar-refractivity contribution in [3.8, 4) is 0 Å². The molecule has 0 aromatic rings. The van der Waals surface area contributed by atoms with E-state index in [2.05, 4.69) is 41.5 Å². The van der Waals surface area contributed by atoms with Crippen LogP contribution in [0.5, 0.6) is 0 Å². The van der Waals surface area contributed by atoms with Gasteiger partial charge in [-0.05, 0) is 110 Å². The normalized spacial score (nSPS) is 39.1. The minimum absolute atomic E-state index is 0.508. The maximum Gasteiger partial charge on any atom is -0.00746 e. The van der Waals surface area contributed by atoms with Crippen molar-refractivity contribution in [3.63, 3.8) is 0 Å². The maximum atomic E-state index is 5.94. The number of rotatable bonds is 8. The van der Waals surface area contributed by atoms with Crippen LogP contribution in [0.25, 0.3) is 0 Å². The van der Waals surface area contributed by atoms with E-state index in [4.69, 9.17) is 5.73 Å². The van der Waals surface area contributed by atoms with Crippen molar-refractivity contribution in [1.82, 2.24) is 0 Å². The van der Waals surface area contributed by atoms with Gasteiger partial charge in [0, 0.05) is 0 Å². The predicted octanol–water partition coefficient (Wildman–Crippen LogP) is 7.83. The summed E-state index contributed by atoms with van der Waals surface area (Å²) in [7, 11) is 0. The molecule has 0 aromatic heterocycles. The summed E-state index contributed by atoms with van der Waals surface area (Å²) in [6.07, 6.45) is 17.3. The van der Waals surface area contributed by atoms with E-state index in [1.165, 1.54) is 77.0 Å². The monoisotopic (exact) mass is 389 g/mol. The van der Waals surface area contributed by atoms with E-state index in [0.29, 0.717) is 16.2 Å². The van der Waals surface area contributed by atoms with Gasteiger partial charge in [-0.15, -0.1) is 0 Å². The van der Waals surface area contributed by atoms with Gasteiger partial charge in [-0.25, -0.2) is 0 Å². The van der Waals surface area contributed by atoms with Crippen LogP contribution in [0.3, 0.4) is 0 Å². The Morgan fingerprint density at radius 1 is 1.04 bits per heavy atom.